The van der Waals surface area contributed by atoms with Gasteiger partial charge in [-0.15, -0.1) is 0 Å². The molecule has 0 N–H and O–H groups in total. The van der Waals surface area contributed by atoms with Crippen LogP contribution in [0.4, 0.5) is 11.4 Å². The summed E-state index contributed by atoms with van der Waals surface area (Å²) in [5.41, 5.74) is 2.05. The Hall–Kier alpha value is -3.33. The van der Waals surface area contributed by atoms with Gasteiger partial charge in [-0.25, -0.2) is 4.99 Å². The Morgan fingerprint density at radius 2 is 1.59 bits per heavy atom. The number of nitrogens with zero attached hydrogens (tertiary/aromatic N) is 2. The van der Waals surface area contributed by atoms with E-state index in [-0.39, 0.29) is 0 Å². The molecule has 0 spiro atoms. The predicted octanol–water partition coefficient (Wildman–Crippen LogP) is 5.70. The highest BCUT2D eigenvalue weighted by atomic mass is 16.5. The molecule has 3 heteroatoms. The van der Waals surface area contributed by atoms with Gasteiger partial charge >= 0.3 is 0 Å². The van der Waals surface area contributed by atoms with Gasteiger partial charge in [0.1, 0.15) is 11.0 Å². The maximum atomic E-state index is 6.38. The topological polar surface area (TPSA) is 24.8 Å². The van der Waals surface area contributed by atoms with E-state index < -0.39 is 0 Å². The van der Waals surface area contributed by atoms with Gasteiger partial charge in [0, 0.05) is 30.2 Å². The Labute approximate surface area is 170 Å². The highest BCUT2D eigenvalue weighted by molar-refractivity contribution is 5.99. The fraction of sp³-hybridized carbons (Fsp3) is 0.192. The smallest absolute Gasteiger partial charge is 0.155 e. The predicted molar refractivity (Wildman–Crippen MR) is 122 cm³/mol. The summed E-state index contributed by atoms with van der Waals surface area (Å²) in [6, 6.07) is 21.4. The van der Waals surface area contributed by atoms with Gasteiger partial charge in [0.05, 0.1) is 0 Å². The van der Waals surface area contributed by atoms with Crippen molar-refractivity contribution in [3.8, 4) is 11.5 Å². The quantitative estimate of drug-likeness (QED) is 0.375. The minimum atomic E-state index is 0.823. The summed E-state index contributed by atoms with van der Waals surface area (Å²) in [5, 5.41) is 6.88. The van der Waals surface area contributed by atoms with E-state index in [9.17, 15) is 0 Å². The van der Waals surface area contributed by atoms with Crippen LogP contribution < -0.4 is 20.2 Å². The van der Waals surface area contributed by atoms with E-state index in [4.69, 9.17) is 9.73 Å². The molecule has 0 radical (unpaired) electrons. The van der Waals surface area contributed by atoms with Gasteiger partial charge in [-0.3, -0.25) is 0 Å². The molecule has 1 heterocycles. The Bertz CT molecular complexity index is 1370. The van der Waals surface area contributed by atoms with E-state index in [1.165, 1.54) is 27.1 Å². The van der Waals surface area contributed by atoms with Gasteiger partial charge in [-0.1, -0.05) is 30.3 Å². The number of fused-ring (bicyclic) bond motifs is 5. The van der Waals surface area contributed by atoms with Crippen LogP contribution in [0.15, 0.2) is 65.7 Å². The fourth-order valence-electron chi connectivity index (χ4n) is 4.23. The molecule has 0 bridgehead atoms. The summed E-state index contributed by atoms with van der Waals surface area (Å²) in [4.78, 5) is 7.33. The van der Waals surface area contributed by atoms with Gasteiger partial charge in [0.2, 0.25) is 0 Å². The molecule has 3 nitrogen and oxygen atoms in total. The maximum absolute atomic E-state index is 6.38. The number of rotatable bonds is 3. The minimum absolute atomic E-state index is 0.823. The lowest BCUT2D eigenvalue weighted by atomic mass is 10.0. The zero-order chi connectivity index (χ0) is 20.0. The van der Waals surface area contributed by atoms with E-state index in [0.717, 1.165) is 41.0 Å². The lowest BCUT2D eigenvalue weighted by Crippen LogP contribution is -2.22. The Kier molecular flexibility index (Phi) is 4.24. The first-order valence-electron chi connectivity index (χ1n) is 10.3. The molecule has 4 aromatic carbocycles. The summed E-state index contributed by atoms with van der Waals surface area (Å²) in [5.74, 6) is 1.65. The molecule has 0 saturated heterocycles. The van der Waals surface area contributed by atoms with Crippen molar-refractivity contribution in [3.63, 3.8) is 0 Å². The minimum Gasteiger partial charge on any atom is -0.453 e. The van der Waals surface area contributed by atoms with Crippen LogP contribution in [0.25, 0.3) is 27.6 Å². The van der Waals surface area contributed by atoms with Crippen molar-refractivity contribution in [2.75, 3.05) is 18.0 Å². The van der Waals surface area contributed by atoms with Crippen LogP contribution in [0.2, 0.25) is 0 Å². The molecule has 0 saturated carbocycles. The third-order valence-electron chi connectivity index (χ3n) is 5.81. The molecule has 0 atom stereocenters. The molecule has 1 aliphatic rings. The van der Waals surface area contributed by atoms with Gasteiger partial charge in [0.15, 0.2) is 11.5 Å². The van der Waals surface area contributed by atoms with Crippen LogP contribution in [-0.4, -0.2) is 13.1 Å². The zero-order valence-electron chi connectivity index (χ0n) is 17.1. The highest BCUT2D eigenvalue weighted by Crippen LogP contribution is 2.37. The summed E-state index contributed by atoms with van der Waals surface area (Å²) in [7, 11) is 0. The Balaban J connectivity index is 1.79. The summed E-state index contributed by atoms with van der Waals surface area (Å²) in [6.07, 6.45) is 2.14. The highest BCUT2D eigenvalue weighted by Gasteiger charge is 2.17. The van der Waals surface area contributed by atoms with Crippen LogP contribution in [0.1, 0.15) is 20.8 Å². The molecule has 29 heavy (non-hydrogen) atoms. The third-order valence-corrected chi connectivity index (χ3v) is 5.81. The number of anilines is 1. The molecule has 5 rings (SSSR count). The van der Waals surface area contributed by atoms with Crippen LogP contribution in [0.5, 0.6) is 11.5 Å². The number of ether oxygens (including phenoxy) is 1. The average molecular weight is 380 g/mol. The van der Waals surface area contributed by atoms with E-state index >= 15 is 0 Å². The summed E-state index contributed by atoms with van der Waals surface area (Å²) >= 11 is 0. The molecule has 0 unspecified atom stereocenters. The van der Waals surface area contributed by atoms with Crippen molar-refractivity contribution in [1.29, 1.82) is 0 Å². The first kappa shape index (κ1) is 17.7. The second-order valence-corrected chi connectivity index (χ2v) is 7.38. The molecule has 1 aliphatic heterocycles. The van der Waals surface area contributed by atoms with Gasteiger partial charge in [0.25, 0.3) is 0 Å². The number of benzene rings is 4. The standard InChI is InChI=1S/C26H24N2O/c1-4-17-15-25-26(22-14-19-10-8-7-9-18(19)13-21(17)22)27-23-12-11-20(16-24(23)29-25)28(5-2)6-3/h4,7-16H,5-6H2,1-3H3/b17-4-. The molecular formula is C26H24N2O. The molecule has 0 fully saturated rings. The molecule has 0 amide bonds. The van der Waals surface area contributed by atoms with E-state index in [1.807, 2.05) is 0 Å². The zero-order valence-corrected chi connectivity index (χ0v) is 17.1. The maximum Gasteiger partial charge on any atom is 0.155 e. The third kappa shape index (κ3) is 2.85. The van der Waals surface area contributed by atoms with Crippen LogP contribution in [0, 0.1) is 0 Å². The summed E-state index contributed by atoms with van der Waals surface area (Å²) in [6.45, 7) is 8.35. The Morgan fingerprint density at radius 1 is 0.862 bits per heavy atom. The van der Waals surface area contributed by atoms with Crippen molar-refractivity contribution < 1.29 is 4.74 Å². The Morgan fingerprint density at radius 3 is 2.28 bits per heavy atom. The average Bonchev–Trinajstić information content (AvgIpc) is 2.77. The molecule has 0 aromatic heterocycles. The van der Waals surface area contributed by atoms with Gasteiger partial charge < -0.3 is 9.64 Å². The second-order valence-electron chi connectivity index (χ2n) is 7.38. The van der Waals surface area contributed by atoms with Crippen molar-refractivity contribution in [2.45, 2.75) is 20.8 Å². The SMILES string of the molecule is C/C=c1/cc2c(c3cc4ccccc4cc13)=Nc1ccc(N(CC)CC)cc1O2. The summed E-state index contributed by atoms with van der Waals surface area (Å²) < 4.78 is 6.38. The monoisotopic (exact) mass is 380 g/mol. The lowest BCUT2D eigenvalue weighted by molar-refractivity contribution is 0.471. The van der Waals surface area contributed by atoms with Crippen molar-refractivity contribution in [3.05, 3.63) is 71.2 Å². The molecule has 144 valence electrons. The van der Waals surface area contributed by atoms with Crippen LogP contribution in [-0.2, 0) is 0 Å². The molecule has 4 aromatic rings. The first-order chi connectivity index (χ1) is 14.2. The normalized spacial score (nSPS) is 13.0. The lowest BCUT2D eigenvalue weighted by Gasteiger charge is -2.23. The van der Waals surface area contributed by atoms with E-state index in [2.05, 4.69) is 92.4 Å². The second kappa shape index (κ2) is 6.93. The van der Waals surface area contributed by atoms with Crippen molar-refractivity contribution >= 4 is 39.0 Å². The van der Waals surface area contributed by atoms with E-state index in [0.29, 0.717) is 0 Å². The van der Waals surface area contributed by atoms with Crippen molar-refractivity contribution in [1.82, 2.24) is 0 Å². The van der Waals surface area contributed by atoms with Crippen molar-refractivity contribution in [2.24, 2.45) is 4.99 Å². The van der Waals surface area contributed by atoms with E-state index in [1.54, 1.807) is 0 Å². The first-order valence-corrected chi connectivity index (χ1v) is 10.3. The van der Waals surface area contributed by atoms with Crippen LogP contribution in [0.3, 0.4) is 0 Å². The number of hydrogen-bond acceptors (Lipinski definition) is 3. The largest absolute Gasteiger partial charge is 0.453 e. The van der Waals surface area contributed by atoms with Crippen LogP contribution >= 0.6 is 0 Å². The number of hydrogen-bond donors (Lipinski definition) is 0. The molecular weight excluding hydrogens is 356 g/mol. The fourth-order valence-corrected chi connectivity index (χ4v) is 4.23. The van der Waals surface area contributed by atoms with Gasteiger partial charge in [-0.2, -0.15) is 0 Å². The van der Waals surface area contributed by atoms with Gasteiger partial charge in [-0.05, 0) is 72.5 Å². The molecule has 0 aliphatic carbocycles.